The number of ether oxygens (including phenoxy) is 1. The van der Waals surface area contributed by atoms with E-state index >= 15 is 0 Å². The van der Waals surface area contributed by atoms with Crippen molar-refractivity contribution in [2.45, 2.75) is 37.0 Å². The molecule has 34 heavy (non-hydrogen) atoms. The molecule has 7 nitrogen and oxygen atoms in total. The smallest absolute Gasteiger partial charge is 0.225 e. The molecule has 2 amide bonds. The summed E-state index contributed by atoms with van der Waals surface area (Å²) in [7, 11) is -1.48. The van der Waals surface area contributed by atoms with Crippen LogP contribution in [0.15, 0.2) is 59.5 Å². The quantitative estimate of drug-likeness (QED) is 0.482. The summed E-state index contributed by atoms with van der Waals surface area (Å²) >= 11 is 0. The number of piperidine rings is 1. The Morgan fingerprint density at radius 3 is 2.44 bits per heavy atom. The lowest BCUT2D eigenvalue weighted by Crippen LogP contribution is -2.43. The third kappa shape index (κ3) is 7.58. The van der Waals surface area contributed by atoms with Crippen molar-refractivity contribution >= 4 is 21.7 Å². The molecule has 184 valence electrons. The molecule has 2 aromatic carbocycles. The Balaban J connectivity index is 1.35. The summed E-state index contributed by atoms with van der Waals surface area (Å²) in [6, 6.07) is 16.4. The molecule has 8 heteroatoms. The number of benzene rings is 2. The van der Waals surface area contributed by atoms with Gasteiger partial charge in [-0.15, -0.1) is 0 Å². The average Bonchev–Trinajstić information content (AvgIpc) is 2.85. The maximum Gasteiger partial charge on any atom is 0.225 e. The van der Waals surface area contributed by atoms with Gasteiger partial charge in [-0.25, -0.2) is 8.42 Å². The van der Waals surface area contributed by atoms with Crippen LogP contribution in [-0.4, -0.2) is 69.6 Å². The maximum absolute atomic E-state index is 12.8. The van der Waals surface area contributed by atoms with E-state index in [2.05, 4.69) is 0 Å². The van der Waals surface area contributed by atoms with Gasteiger partial charge in [0.05, 0.1) is 11.5 Å². The fraction of sp³-hybridized carbons (Fsp3) is 0.462. The van der Waals surface area contributed by atoms with Crippen LogP contribution in [0.2, 0.25) is 0 Å². The van der Waals surface area contributed by atoms with Gasteiger partial charge in [0.25, 0.3) is 0 Å². The van der Waals surface area contributed by atoms with E-state index in [0.29, 0.717) is 57.7 Å². The first-order chi connectivity index (χ1) is 16.2. The predicted octanol–water partition coefficient (Wildman–Crippen LogP) is 3.19. The Kier molecular flexibility index (Phi) is 9.10. The Morgan fingerprint density at radius 1 is 1.06 bits per heavy atom. The minimum Gasteiger partial charge on any atom is -0.493 e. The molecule has 0 aliphatic carbocycles. The van der Waals surface area contributed by atoms with E-state index in [4.69, 9.17) is 4.74 Å². The van der Waals surface area contributed by atoms with Crippen molar-refractivity contribution < 1.29 is 22.7 Å². The Morgan fingerprint density at radius 2 is 1.76 bits per heavy atom. The molecule has 1 aliphatic heterocycles. The van der Waals surface area contributed by atoms with Gasteiger partial charge in [0.1, 0.15) is 5.75 Å². The third-order valence-corrected chi connectivity index (χ3v) is 7.29. The summed E-state index contributed by atoms with van der Waals surface area (Å²) < 4.78 is 29.0. The molecule has 0 N–H and O–H groups in total. The number of carbonyl (C=O) groups is 2. The second-order valence-corrected chi connectivity index (χ2v) is 10.9. The van der Waals surface area contributed by atoms with Gasteiger partial charge < -0.3 is 14.5 Å². The van der Waals surface area contributed by atoms with Crippen LogP contribution in [0.5, 0.6) is 5.75 Å². The highest BCUT2D eigenvalue weighted by Gasteiger charge is 2.28. The summed E-state index contributed by atoms with van der Waals surface area (Å²) in [6.07, 6.45) is 4.42. The number of amides is 2. The van der Waals surface area contributed by atoms with Crippen molar-refractivity contribution in [2.75, 3.05) is 39.5 Å². The summed E-state index contributed by atoms with van der Waals surface area (Å²) in [5, 5.41) is 0. The van der Waals surface area contributed by atoms with Crippen molar-refractivity contribution in [3.8, 4) is 5.75 Å². The highest BCUT2D eigenvalue weighted by atomic mass is 32.2. The molecule has 0 spiro atoms. The highest BCUT2D eigenvalue weighted by Crippen LogP contribution is 2.21. The molecule has 2 aromatic rings. The molecule has 0 aromatic heterocycles. The second kappa shape index (κ2) is 12.0. The zero-order valence-electron chi connectivity index (χ0n) is 20.0. The van der Waals surface area contributed by atoms with E-state index < -0.39 is 9.84 Å². The molecule has 0 radical (unpaired) electrons. The predicted molar refractivity (Wildman–Crippen MR) is 131 cm³/mol. The number of carbonyl (C=O) groups excluding carboxylic acids is 2. The monoisotopic (exact) mass is 486 g/mol. The average molecular weight is 487 g/mol. The first kappa shape index (κ1) is 25.7. The molecule has 1 heterocycles. The topological polar surface area (TPSA) is 84.0 Å². The van der Waals surface area contributed by atoms with Gasteiger partial charge in [-0.1, -0.05) is 36.4 Å². The fourth-order valence-corrected chi connectivity index (χ4v) is 4.79. The van der Waals surface area contributed by atoms with Crippen LogP contribution in [0.4, 0.5) is 0 Å². The number of rotatable bonds is 10. The number of aryl methyl sites for hydroxylation is 1. The summed E-state index contributed by atoms with van der Waals surface area (Å²) in [5.74, 6) is 0.701. The van der Waals surface area contributed by atoms with Crippen molar-refractivity contribution in [3.05, 3.63) is 60.2 Å². The lowest BCUT2D eigenvalue weighted by Gasteiger charge is -2.33. The van der Waals surface area contributed by atoms with Gasteiger partial charge in [-0.05, 0) is 49.4 Å². The van der Waals surface area contributed by atoms with Crippen LogP contribution in [0.25, 0.3) is 0 Å². The number of hydrogen-bond acceptors (Lipinski definition) is 5. The minimum absolute atomic E-state index is 0.0597. The summed E-state index contributed by atoms with van der Waals surface area (Å²) in [5.41, 5.74) is 1.16. The van der Waals surface area contributed by atoms with Crippen molar-refractivity contribution in [2.24, 2.45) is 5.92 Å². The number of nitrogens with zero attached hydrogens (tertiary/aromatic N) is 2. The first-order valence-corrected chi connectivity index (χ1v) is 13.6. The lowest BCUT2D eigenvalue weighted by molar-refractivity contribution is -0.139. The van der Waals surface area contributed by atoms with Crippen LogP contribution >= 0.6 is 0 Å². The number of likely N-dealkylation sites (tertiary alicyclic amines) is 1. The van der Waals surface area contributed by atoms with Crippen LogP contribution in [-0.2, 0) is 25.8 Å². The fourth-order valence-electron chi connectivity index (χ4n) is 4.14. The molecular formula is C26H34N2O5S. The normalized spacial score (nSPS) is 14.6. The zero-order valence-corrected chi connectivity index (χ0v) is 20.8. The van der Waals surface area contributed by atoms with Crippen LogP contribution in [0.3, 0.4) is 0 Å². The highest BCUT2D eigenvalue weighted by molar-refractivity contribution is 7.90. The van der Waals surface area contributed by atoms with E-state index in [1.807, 2.05) is 35.2 Å². The van der Waals surface area contributed by atoms with Crippen molar-refractivity contribution in [1.29, 1.82) is 0 Å². The molecule has 1 aliphatic rings. The number of hydrogen-bond donors (Lipinski definition) is 0. The summed E-state index contributed by atoms with van der Waals surface area (Å²) in [4.78, 5) is 29.2. The van der Waals surface area contributed by atoms with Gasteiger partial charge in [0, 0.05) is 45.3 Å². The number of sulfone groups is 1. The molecule has 0 saturated carbocycles. The largest absolute Gasteiger partial charge is 0.493 e. The SMILES string of the molecule is CN(CCCOc1cccc(S(C)(=O)=O)c1)C(=O)C1CCN(C(=O)CCc2ccccc2)CC1. The Labute approximate surface area is 202 Å². The van der Waals surface area contributed by atoms with Gasteiger partial charge in [-0.3, -0.25) is 9.59 Å². The van der Waals surface area contributed by atoms with Crippen LogP contribution < -0.4 is 4.74 Å². The Hall–Kier alpha value is -2.87. The summed E-state index contributed by atoms with van der Waals surface area (Å²) in [6.45, 7) is 2.19. The molecule has 1 saturated heterocycles. The van der Waals surface area contributed by atoms with Gasteiger partial charge in [0.2, 0.25) is 11.8 Å². The van der Waals surface area contributed by atoms with E-state index in [-0.39, 0.29) is 22.6 Å². The minimum atomic E-state index is -3.28. The van der Waals surface area contributed by atoms with Crippen LogP contribution in [0, 0.1) is 5.92 Å². The maximum atomic E-state index is 12.8. The lowest BCUT2D eigenvalue weighted by atomic mass is 9.95. The zero-order chi connectivity index (χ0) is 24.6. The molecule has 1 fully saturated rings. The third-order valence-electron chi connectivity index (χ3n) is 6.18. The molecule has 3 rings (SSSR count). The van der Waals surface area contributed by atoms with Crippen LogP contribution in [0.1, 0.15) is 31.2 Å². The van der Waals surface area contributed by atoms with Crippen molar-refractivity contribution in [1.82, 2.24) is 9.80 Å². The van der Waals surface area contributed by atoms with E-state index in [1.54, 1.807) is 24.1 Å². The van der Waals surface area contributed by atoms with E-state index in [0.717, 1.165) is 18.2 Å². The standard InChI is InChI=1S/C26H34N2O5S/c1-27(16-7-19-33-23-10-6-11-24(20-23)34(2,31)32)26(30)22-14-17-28(18-15-22)25(29)13-12-21-8-4-3-5-9-21/h3-6,8-11,20,22H,7,12-19H2,1-2H3. The molecular weight excluding hydrogens is 452 g/mol. The molecule has 0 unspecified atom stereocenters. The van der Waals surface area contributed by atoms with Gasteiger partial charge >= 0.3 is 0 Å². The van der Waals surface area contributed by atoms with Gasteiger partial charge in [-0.2, -0.15) is 0 Å². The first-order valence-electron chi connectivity index (χ1n) is 11.7. The van der Waals surface area contributed by atoms with E-state index in [9.17, 15) is 18.0 Å². The second-order valence-electron chi connectivity index (χ2n) is 8.85. The van der Waals surface area contributed by atoms with E-state index in [1.165, 1.54) is 12.1 Å². The Bertz CT molecular complexity index is 1060. The molecule has 0 bridgehead atoms. The molecule has 0 atom stereocenters. The van der Waals surface area contributed by atoms with Gasteiger partial charge in [0.15, 0.2) is 9.84 Å². The van der Waals surface area contributed by atoms with Crippen molar-refractivity contribution in [3.63, 3.8) is 0 Å².